The van der Waals surface area contributed by atoms with Crippen molar-refractivity contribution in [1.29, 1.82) is 0 Å². The van der Waals surface area contributed by atoms with Crippen molar-refractivity contribution < 1.29 is 4.79 Å². The van der Waals surface area contributed by atoms with E-state index in [1.54, 1.807) is 27.7 Å². The minimum atomic E-state index is -0.200. The number of hydrogen-bond acceptors (Lipinski definition) is 3. The van der Waals surface area contributed by atoms with Crippen LogP contribution in [0.1, 0.15) is 17.0 Å². The van der Waals surface area contributed by atoms with E-state index in [1.165, 1.54) is 0 Å². The lowest BCUT2D eigenvalue weighted by atomic mass is 10.2. The zero-order chi connectivity index (χ0) is 18.8. The summed E-state index contributed by atoms with van der Waals surface area (Å²) in [6.45, 7) is 4.39. The minimum Gasteiger partial charge on any atom is -0.308 e. The van der Waals surface area contributed by atoms with Crippen LogP contribution in [0.15, 0.2) is 34.9 Å². The standard InChI is InChI=1S/C17H16BrCl2N5O/c1-10-5-16(21-17(26)9-24-8-14(18)11(2)22-24)23-25(10)7-12-3-4-13(19)6-15(12)20/h3-6,8H,7,9H2,1-2H3,(H,21,23,26). The Morgan fingerprint density at radius 2 is 2.00 bits per heavy atom. The highest BCUT2D eigenvalue weighted by molar-refractivity contribution is 9.10. The molecule has 2 heterocycles. The van der Waals surface area contributed by atoms with Gasteiger partial charge < -0.3 is 5.32 Å². The van der Waals surface area contributed by atoms with Crippen LogP contribution in [0.25, 0.3) is 0 Å². The largest absolute Gasteiger partial charge is 0.308 e. The van der Waals surface area contributed by atoms with Gasteiger partial charge in [0.15, 0.2) is 5.82 Å². The van der Waals surface area contributed by atoms with Gasteiger partial charge in [0, 0.05) is 28.0 Å². The number of carbonyl (C=O) groups excluding carboxylic acids is 1. The van der Waals surface area contributed by atoms with Gasteiger partial charge in [-0.2, -0.15) is 10.2 Å². The van der Waals surface area contributed by atoms with Crippen molar-refractivity contribution in [3.8, 4) is 0 Å². The number of nitrogens with zero attached hydrogens (tertiary/aromatic N) is 4. The van der Waals surface area contributed by atoms with Crippen LogP contribution in [0.5, 0.6) is 0 Å². The first-order valence-electron chi connectivity index (χ1n) is 7.79. The summed E-state index contributed by atoms with van der Waals surface area (Å²) in [7, 11) is 0. The van der Waals surface area contributed by atoms with E-state index < -0.39 is 0 Å². The number of amides is 1. The van der Waals surface area contributed by atoms with Crippen LogP contribution >= 0.6 is 39.1 Å². The van der Waals surface area contributed by atoms with Crippen LogP contribution in [-0.4, -0.2) is 25.5 Å². The highest BCUT2D eigenvalue weighted by Gasteiger charge is 2.11. The molecule has 0 spiro atoms. The molecule has 3 aromatic rings. The third kappa shape index (κ3) is 4.47. The average Bonchev–Trinajstić information content (AvgIpc) is 3.04. The molecule has 26 heavy (non-hydrogen) atoms. The molecule has 0 atom stereocenters. The Bertz CT molecular complexity index is 947. The number of carbonyl (C=O) groups is 1. The Morgan fingerprint density at radius 1 is 1.23 bits per heavy atom. The second-order valence-electron chi connectivity index (χ2n) is 5.87. The number of rotatable bonds is 5. The first-order valence-corrected chi connectivity index (χ1v) is 9.34. The van der Waals surface area contributed by atoms with Gasteiger partial charge in [-0.05, 0) is 47.5 Å². The normalized spacial score (nSPS) is 11.0. The summed E-state index contributed by atoms with van der Waals surface area (Å²) in [4.78, 5) is 12.2. The Kier molecular flexibility index (Phi) is 5.70. The molecule has 3 rings (SSSR count). The highest BCUT2D eigenvalue weighted by atomic mass is 79.9. The molecular formula is C17H16BrCl2N5O. The van der Waals surface area contributed by atoms with Crippen molar-refractivity contribution in [3.63, 3.8) is 0 Å². The number of halogens is 3. The molecule has 0 saturated carbocycles. The summed E-state index contributed by atoms with van der Waals surface area (Å²) in [5.41, 5.74) is 2.64. The van der Waals surface area contributed by atoms with Gasteiger partial charge in [0.2, 0.25) is 5.91 Å². The van der Waals surface area contributed by atoms with Crippen LogP contribution in [0.4, 0.5) is 5.82 Å². The predicted molar refractivity (Wildman–Crippen MR) is 106 cm³/mol. The van der Waals surface area contributed by atoms with E-state index in [1.807, 2.05) is 26.0 Å². The van der Waals surface area contributed by atoms with Crippen LogP contribution in [-0.2, 0) is 17.9 Å². The van der Waals surface area contributed by atoms with Gasteiger partial charge in [0.25, 0.3) is 0 Å². The first-order chi connectivity index (χ1) is 12.3. The Morgan fingerprint density at radius 3 is 2.65 bits per heavy atom. The molecule has 0 fully saturated rings. The monoisotopic (exact) mass is 455 g/mol. The summed E-state index contributed by atoms with van der Waals surface area (Å²) in [5, 5.41) is 12.6. The number of aromatic nitrogens is 4. The molecule has 9 heteroatoms. The molecule has 0 aliphatic rings. The second kappa shape index (κ2) is 7.82. The second-order valence-corrected chi connectivity index (χ2v) is 7.57. The summed E-state index contributed by atoms with van der Waals surface area (Å²) in [5.74, 6) is 0.287. The van der Waals surface area contributed by atoms with Crippen molar-refractivity contribution in [2.75, 3.05) is 5.32 Å². The molecule has 1 N–H and O–H groups in total. The zero-order valence-corrected chi connectivity index (χ0v) is 17.2. The SMILES string of the molecule is Cc1nn(CC(=O)Nc2cc(C)n(Cc3ccc(Cl)cc3Cl)n2)cc1Br. The maximum absolute atomic E-state index is 12.2. The summed E-state index contributed by atoms with van der Waals surface area (Å²) >= 11 is 15.5. The number of benzene rings is 1. The van der Waals surface area contributed by atoms with Gasteiger partial charge in [-0.15, -0.1) is 0 Å². The minimum absolute atomic E-state index is 0.112. The van der Waals surface area contributed by atoms with Crippen molar-refractivity contribution >= 4 is 50.9 Å². The average molecular weight is 457 g/mol. The van der Waals surface area contributed by atoms with E-state index in [0.717, 1.165) is 21.4 Å². The quantitative estimate of drug-likeness (QED) is 0.616. The van der Waals surface area contributed by atoms with Crippen LogP contribution < -0.4 is 5.32 Å². The fourth-order valence-corrected chi connectivity index (χ4v) is 3.23. The number of anilines is 1. The molecule has 0 radical (unpaired) electrons. The Balaban J connectivity index is 1.68. The van der Waals surface area contributed by atoms with Gasteiger partial charge in [-0.1, -0.05) is 29.3 Å². The van der Waals surface area contributed by atoms with Crippen molar-refractivity contribution in [3.05, 3.63) is 61.9 Å². The van der Waals surface area contributed by atoms with E-state index in [0.29, 0.717) is 22.4 Å². The number of aryl methyl sites for hydroxylation is 2. The molecule has 0 unspecified atom stereocenters. The predicted octanol–water partition coefficient (Wildman–Crippen LogP) is 4.45. The third-order valence-corrected chi connectivity index (χ3v) is 5.14. The van der Waals surface area contributed by atoms with Gasteiger partial charge in [0.1, 0.15) is 6.54 Å². The lowest BCUT2D eigenvalue weighted by Crippen LogP contribution is -2.19. The van der Waals surface area contributed by atoms with Crippen LogP contribution in [0.3, 0.4) is 0 Å². The van der Waals surface area contributed by atoms with Crippen molar-refractivity contribution in [2.24, 2.45) is 0 Å². The van der Waals surface area contributed by atoms with E-state index >= 15 is 0 Å². The smallest absolute Gasteiger partial charge is 0.247 e. The summed E-state index contributed by atoms with van der Waals surface area (Å²) in [6, 6.07) is 7.16. The Labute approximate surface area is 169 Å². The zero-order valence-electron chi connectivity index (χ0n) is 14.1. The van der Waals surface area contributed by atoms with Crippen molar-refractivity contribution in [2.45, 2.75) is 26.9 Å². The van der Waals surface area contributed by atoms with Gasteiger partial charge in [-0.25, -0.2) is 0 Å². The first kappa shape index (κ1) is 18.9. The van der Waals surface area contributed by atoms with Crippen LogP contribution in [0, 0.1) is 13.8 Å². The van der Waals surface area contributed by atoms with Gasteiger partial charge >= 0.3 is 0 Å². The molecule has 2 aromatic heterocycles. The maximum Gasteiger partial charge on any atom is 0.247 e. The van der Waals surface area contributed by atoms with E-state index in [4.69, 9.17) is 23.2 Å². The molecular weight excluding hydrogens is 441 g/mol. The highest BCUT2D eigenvalue weighted by Crippen LogP contribution is 2.22. The molecule has 0 aliphatic carbocycles. The number of nitrogens with one attached hydrogen (secondary N) is 1. The molecule has 0 bridgehead atoms. The maximum atomic E-state index is 12.2. The van der Waals surface area contributed by atoms with Gasteiger partial charge in [-0.3, -0.25) is 14.2 Å². The fourth-order valence-electron chi connectivity index (χ4n) is 2.45. The third-order valence-electron chi connectivity index (χ3n) is 3.78. The van der Waals surface area contributed by atoms with Crippen LogP contribution in [0.2, 0.25) is 10.0 Å². The fraction of sp³-hybridized carbons (Fsp3) is 0.235. The van der Waals surface area contributed by atoms with E-state index in [-0.39, 0.29) is 12.5 Å². The molecule has 6 nitrogen and oxygen atoms in total. The molecule has 136 valence electrons. The lowest BCUT2D eigenvalue weighted by molar-refractivity contribution is -0.116. The molecule has 0 saturated heterocycles. The van der Waals surface area contributed by atoms with E-state index in [9.17, 15) is 4.79 Å². The molecule has 0 aliphatic heterocycles. The number of hydrogen-bond donors (Lipinski definition) is 1. The topological polar surface area (TPSA) is 64.7 Å². The van der Waals surface area contributed by atoms with E-state index in [2.05, 4.69) is 31.4 Å². The Hall–Kier alpha value is -1.83. The lowest BCUT2D eigenvalue weighted by Gasteiger charge is -2.07. The summed E-state index contributed by atoms with van der Waals surface area (Å²) < 4.78 is 4.22. The van der Waals surface area contributed by atoms with Gasteiger partial charge in [0.05, 0.1) is 16.7 Å². The van der Waals surface area contributed by atoms with Crippen molar-refractivity contribution in [1.82, 2.24) is 19.6 Å². The molecule has 1 amide bonds. The summed E-state index contributed by atoms with van der Waals surface area (Å²) in [6.07, 6.45) is 1.77. The molecule has 1 aromatic carbocycles.